The summed E-state index contributed by atoms with van der Waals surface area (Å²) in [5, 5.41) is 17.0. The summed E-state index contributed by atoms with van der Waals surface area (Å²) in [5.74, 6) is 0.899. The number of hydrogen-bond donors (Lipinski definition) is 3. The Bertz CT molecular complexity index is 1860. The molecule has 0 fully saturated rings. The molecule has 0 spiro atoms. The Hall–Kier alpha value is -5.37. The Morgan fingerprint density at radius 2 is 1.82 bits per heavy atom. The third-order valence-corrected chi connectivity index (χ3v) is 8.20. The number of fused-ring (bicyclic) bond motifs is 2. The van der Waals surface area contributed by atoms with Gasteiger partial charge in [0.25, 0.3) is 5.91 Å². The second-order valence-electron chi connectivity index (χ2n) is 13.1. The lowest BCUT2D eigenvalue weighted by molar-refractivity contribution is -0.111. The van der Waals surface area contributed by atoms with Gasteiger partial charge >= 0.3 is 6.03 Å². The molecule has 0 bridgehead atoms. The van der Waals surface area contributed by atoms with Crippen molar-refractivity contribution in [2.45, 2.75) is 51.7 Å². The third-order valence-electron chi connectivity index (χ3n) is 8.20. The van der Waals surface area contributed by atoms with Crippen LogP contribution in [0, 0.1) is 0 Å². The zero-order valence-electron chi connectivity index (χ0n) is 29.0. The minimum Gasteiger partial charge on any atom is -0.480 e. The highest BCUT2D eigenvalue weighted by Gasteiger charge is 2.38. The van der Waals surface area contributed by atoms with Crippen molar-refractivity contribution < 1.29 is 19.1 Å². The van der Waals surface area contributed by atoms with Gasteiger partial charge in [-0.1, -0.05) is 45.0 Å². The zero-order valence-corrected chi connectivity index (χ0v) is 29.0. The topological polar surface area (TPSA) is 159 Å². The number of nitrogens with one attached hydrogen (secondary N) is 3. The Morgan fingerprint density at radius 1 is 1.06 bits per heavy atom. The molecule has 14 nitrogen and oxygen atoms in total. The van der Waals surface area contributed by atoms with E-state index < -0.39 is 29.0 Å². The second kappa shape index (κ2) is 14.4. The number of benzene rings is 1. The van der Waals surface area contributed by atoms with Crippen molar-refractivity contribution in [2.75, 3.05) is 50.5 Å². The van der Waals surface area contributed by atoms with E-state index >= 15 is 0 Å². The monoisotopic (exact) mass is 668 g/mol. The smallest absolute Gasteiger partial charge is 0.321 e. The van der Waals surface area contributed by atoms with Crippen LogP contribution in [0.3, 0.4) is 0 Å². The first-order valence-corrected chi connectivity index (χ1v) is 16.3. The highest BCUT2D eigenvalue weighted by atomic mass is 16.5. The van der Waals surface area contributed by atoms with Crippen molar-refractivity contribution in [2.24, 2.45) is 0 Å². The molecule has 3 aromatic heterocycles. The van der Waals surface area contributed by atoms with Crippen LogP contribution in [0.15, 0.2) is 60.8 Å². The van der Waals surface area contributed by atoms with Crippen LogP contribution < -0.4 is 25.6 Å². The molecule has 4 aromatic rings. The van der Waals surface area contributed by atoms with E-state index in [1.807, 2.05) is 74.6 Å². The van der Waals surface area contributed by atoms with Crippen molar-refractivity contribution in [3.8, 4) is 5.75 Å². The van der Waals surface area contributed by atoms with Gasteiger partial charge in [0.2, 0.25) is 11.8 Å². The van der Waals surface area contributed by atoms with Gasteiger partial charge in [0.15, 0.2) is 11.9 Å². The molecule has 1 aliphatic rings. The molecule has 0 aliphatic heterocycles. The van der Waals surface area contributed by atoms with Crippen LogP contribution in [-0.2, 0) is 15.7 Å². The summed E-state index contributed by atoms with van der Waals surface area (Å²) < 4.78 is 8.33. The average Bonchev–Trinajstić information content (AvgIpc) is 3.48. The fourth-order valence-electron chi connectivity index (χ4n) is 5.50. The number of rotatable bonds is 12. The number of pyridine rings is 1. The highest BCUT2D eigenvalue weighted by Crippen LogP contribution is 2.37. The largest absolute Gasteiger partial charge is 0.480 e. The van der Waals surface area contributed by atoms with E-state index in [0.29, 0.717) is 47.6 Å². The number of aromatic nitrogens is 5. The summed E-state index contributed by atoms with van der Waals surface area (Å²) in [6, 6.07) is 11.9. The van der Waals surface area contributed by atoms with Gasteiger partial charge in [0.05, 0.1) is 11.9 Å². The van der Waals surface area contributed by atoms with Crippen molar-refractivity contribution in [1.82, 2.24) is 40.1 Å². The number of carbonyl (C=O) groups excluding carboxylic acids is 3. The van der Waals surface area contributed by atoms with E-state index in [0.717, 1.165) is 19.0 Å². The maximum Gasteiger partial charge on any atom is 0.321 e. The molecule has 3 heterocycles. The average molecular weight is 669 g/mol. The number of anilines is 2. The standard InChI is InChI=1S/C35H44N10O4/c1-8-44(9-2)33-42-41-29-15-14-23(21-45(29)33)49-26-16-17-35(22-46,25-13-11-10-12-24(25)26)40-32(48)39-28-20-27(34(3,4)5)37-30(38-28)31(47)36-18-19-43(6)7/h10-17,20-22,26H,8-9,18-19H2,1-7H3,(H,36,47)(H2,37,38,39,40,48)/t26-,35-/m1/s1. The minimum atomic E-state index is -1.50. The van der Waals surface area contributed by atoms with Crippen molar-refractivity contribution in [3.05, 3.63) is 83.5 Å². The molecule has 0 saturated heterocycles. The first kappa shape index (κ1) is 35.0. The molecule has 258 valence electrons. The van der Waals surface area contributed by atoms with Gasteiger partial charge in [-0.3, -0.25) is 19.3 Å². The maximum atomic E-state index is 13.5. The molecular formula is C35H44N10O4. The molecule has 3 amide bonds. The summed E-state index contributed by atoms with van der Waals surface area (Å²) in [6.45, 7) is 12.6. The van der Waals surface area contributed by atoms with Gasteiger partial charge in [0.1, 0.15) is 23.2 Å². The molecule has 0 saturated carbocycles. The number of hydrogen-bond acceptors (Lipinski definition) is 10. The summed E-state index contributed by atoms with van der Waals surface area (Å²) in [4.78, 5) is 52.1. The summed E-state index contributed by atoms with van der Waals surface area (Å²) in [7, 11) is 3.82. The third kappa shape index (κ3) is 7.70. The van der Waals surface area contributed by atoms with Crippen LogP contribution in [0.25, 0.3) is 5.65 Å². The predicted molar refractivity (Wildman–Crippen MR) is 187 cm³/mol. The van der Waals surface area contributed by atoms with Gasteiger partial charge in [-0.05, 0) is 57.8 Å². The lowest BCUT2D eigenvalue weighted by Gasteiger charge is -2.34. The normalized spacial score (nSPS) is 17.0. The number of ether oxygens (including phenoxy) is 1. The molecule has 0 unspecified atom stereocenters. The van der Waals surface area contributed by atoms with Crippen molar-refractivity contribution in [3.63, 3.8) is 0 Å². The molecule has 1 aliphatic carbocycles. The van der Waals surface area contributed by atoms with E-state index in [2.05, 4.69) is 54.9 Å². The molecule has 49 heavy (non-hydrogen) atoms. The SMILES string of the molecule is CCN(CC)c1nnc2ccc(O[C@@H]3C=C[C@](C=O)(NC(=O)Nc4cc(C(C)(C)C)nc(C(=O)NCCN(C)C)n4)c4ccccc43)cn12. The van der Waals surface area contributed by atoms with Crippen molar-refractivity contribution in [1.29, 1.82) is 0 Å². The van der Waals surface area contributed by atoms with Crippen LogP contribution in [0.2, 0.25) is 0 Å². The van der Waals surface area contributed by atoms with E-state index in [4.69, 9.17) is 4.74 Å². The van der Waals surface area contributed by atoms with Crippen LogP contribution in [-0.4, -0.2) is 88.0 Å². The molecular weight excluding hydrogens is 624 g/mol. The van der Waals surface area contributed by atoms with E-state index in [9.17, 15) is 14.4 Å². The van der Waals surface area contributed by atoms with Gasteiger partial charge in [0, 0.05) is 43.2 Å². The van der Waals surface area contributed by atoms with Crippen molar-refractivity contribution >= 4 is 35.6 Å². The van der Waals surface area contributed by atoms with E-state index in [1.165, 1.54) is 0 Å². The summed E-state index contributed by atoms with van der Waals surface area (Å²) in [5.41, 5.74) is 0.586. The number of nitrogens with zero attached hydrogens (tertiary/aromatic N) is 7. The Kier molecular flexibility index (Phi) is 10.3. The molecule has 5 rings (SSSR count). The molecule has 2 atom stereocenters. The van der Waals surface area contributed by atoms with Crippen LogP contribution in [0.4, 0.5) is 16.6 Å². The van der Waals surface area contributed by atoms with Gasteiger partial charge in [-0.15, -0.1) is 10.2 Å². The number of amides is 3. The summed E-state index contributed by atoms with van der Waals surface area (Å²) in [6.07, 6.45) is 5.34. The number of carbonyl (C=O) groups is 3. The number of urea groups is 1. The summed E-state index contributed by atoms with van der Waals surface area (Å²) >= 11 is 0. The number of likely N-dealkylation sites (N-methyl/N-ethyl adjacent to an activating group) is 1. The fourth-order valence-corrected chi connectivity index (χ4v) is 5.50. The number of aldehydes is 1. The minimum absolute atomic E-state index is 0.0663. The lowest BCUT2D eigenvalue weighted by Crippen LogP contribution is -2.49. The van der Waals surface area contributed by atoms with Gasteiger partial charge < -0.3 is 25.2 Å². The quantitative estimate of drug-likeness (QED) is 0.150. The van der Waals surface area contributed by atoms with Crippen LogP contribution in [0.1, 0.15) is 68.2 Å². The molecule has 0 radical (unpaired) electrons. The Labute approximate surface area is 286 Å². The maximum absolute atomic E-state index is 13.5. The second-order valence-corrected chi connectivity index (χ2v) is 13.1. The highest BCUT2D eigenvalue weighted by molar-refractivity contribution is 5.94. The van der Waals surface area contributed by atoms with Gasteiger partial charge in [-0.25, -0.2) is 14.8 Å². The molecule has 14 heteroatoms. The predicted octanol–water partition coefficient (Wildman–Crippen LogP) is 3.86. The lowest BCUT2D eigenvalue weighted by atomic mass is 9.81. The first-order chi connectivity index (χ1) is 23.4. The Morgan fingerprint density at radius 3 is 2.51 bits per heavy atom. The van der Waals surface area contributed by atoms with E-state index in [1.54, 1.807) is 30.4 Å². The van der Waals surface area contributed by atoms with Gasteiger partial charge in [-0.2, -0.15) is 0 Å². The Balaban J connectivity index is 1.38. The van der Waals surface area contributed by atoms with E-state index in [-0.39, 0.29) is 11.6 Å². The van der Waals surface area contributed by atoms with Crippen LogP contribution in [0.5, 0.6) is 5.75 Å². The first-order valence-electron chi connectivity index (χ1n) is 16.3. The molecule has 1 aromatic carbocycles. The zero-order chi connectivity index (χ0) is 35.3. The fraction of sp³-hybridized carbons (Fsp3) is 0.400. The van der Waals surface area contributed by atoms with Crippen LogP contribution >= 0.6 is 0 Å². The molecule has 3 N–H and O–H groups in total.